The maximum Gasteiger partial charge on any atom is 0.306 e. The van der Waals surface area contributed by atoms with Crippen LogP contribution >= 0.6 is 0 Å². The summed E-state index contributed by atoms with van der Waals surface area (Å²) in [6.45, 7) is 2.99. The highest BCUT2D eigenvalue weighted by molar-refractivity contribution is 7.86. The van der Waals surface area contributed by atoms with Crippen molar-refractivity contribution in [3.63, 3.8) is 0 Å². The summed E-state index contributed by atoms with van der Waals surface area (Å²) in [6.07, 6.45) is 1.34. The van der Waals surface area contributed by atoms with Crippen LogP contribution in [0.15, 0.2) is 0 Å². The minimum atomic E-state index is -3.53. The lowest BCUT2D eigenvalue weighted by molar-refractivity contribution is -0.142. The van der Waals surface area contributed by atoms with Crippen molar-refractivity contribution >= 4 is 16.2 Å². The molecule has 0 bridgehead atoms. The number of aliphatic carboxylic acids is 1. The smallest absolute Gasteiger partial charge is 0.306 e. The third-order valence-corrected chi connectivity index (χ3v) is 6.31. The van der Waals surface area contributed by atoms with Crippen molar-refractivity contribution in [1.82, 2.24) is 8.61 Å². The van der Waals surface area contributed by atoms with Crippen LogP contribution in [0, 0.1) is 5.92 Å². The van der Waals surface area contributed by atoms with E-state index >= 15 is 0 Å². The Morgan fingerprint density at radius 2 is 1.90 bits per heavy atom. The Bertz CT molecular complexity index is 458. The fourth-order valence-corrected chi connectivity index (χ4v) is 4.54. The van der Waals surface area contributed by atoms with Gasteiger partial charge in [0.05, 0.1) is 18.1 Å². The molecule has 0 saturated carbocycles. The van der Waals surface area contributed by atoms with Gasteiger partial charge in [-0.05, 0) is 26.2 Å². The van der Waals surface area contributed by atoms with Crippen LogP contribution in [0.5, 0.6) is 0 Å². The van der Waals surface area contributed by atoms with Gasteiger partial charge in [-0.25, -0.2) is 0 Å². The van der Waals surface area contributed by atoms with E-state index in [1.165, 1.54) is 8.61 Å². The maximum atomic E-state index is 12.5. The molecule has 2 rings (SSSR count). The monoisotopic (exact) mass is 306 g/mol. The van der Waals surface area contributed by atoms with Crippen molar-refractivity contribution in [1.29, 1.82) is 0 Å². The van der Waals surface area contributed by atoms with Gasteiger partial charge >= 0.3 is 5.97 Å². The first-order chi connectivity index (χ1) is 9.34. The van der Waals surface area contributed by atoms with E-state index in [4.69, 9.17) is 9.84 Å². The summed E-state index contributed by atoms with van der Waals surface area (Å²) in [5, 5.41) is 8.95. The van der Waals surface area contributed by atoms with Crippen LogP contribution in [0.25, 0.3) is 0 Å². The number of carbonyl (C=O) groups is 1. The first-order valence-electron chi connectivity index (χ1n) is 6.91. The standard InChI is InChI=1S/C12H22N2O5S/c1-9-11(5-8-19-9)13(2)20(17,18)14-6-3-10(4-7-14)12(15)16/h9-11H,3-8H2,1-2H3,(H,15,16). The van der Waals surface area contributed by atoms with E-state index in [1.807, 2.05) is 6.92 Å². The lowest BCUT2D eigenvalue weighted by Crippen LogP contribution is -2.51. The molecule has 0 aromatic rings. The highest BCUT2D eigenvalue weighted by atomic mass is 32.2. The van der Waals surface area contributed by atoms with Gasteiger partial charge < -0.3 is 9.84 Å². The SMILES string of the molecule is CC1OCCC1N(C)S(=O)(=O)N1CCC(C(=O)O)CC1. The van der Waals surface area contributed by atoms with E-state index in [9.17, 15) is 13.2 Å². The second-order valence-electron chi connectivity index (χ2n) is 5.47. The van der Waals surface area contributed by atoms with E-state index in [0.717, 1.165) is 0 Å². The molecule has 2 heterocycles. The first kappa shape index (κ1) is 15.7. The zero-order valence-corrected chi connectivity index (χ0v) is 12.7. The summed E-state index contributed by atoms with van der Waals surface area (Å²) < 4.78 is 33.3. The summed E-state index contributed by atoms with van der Waals surface area (Å²) in [5.74, 6) is -1.27. The van der Waals surface area contributed by atoms with Gasteiger partial charge in [0.1, 0.15) is 0 Å². The van der Waals surface area contributed by atoms with Gasteiger partial charge in [-0.3, -0.25) is 4.79 Å². The predicted octanol–water partition coefficient (Wildman–Crippen LogP) is 0.137. The van der Waals surface area contributed by atoms with Crippen LogP contribution < -0.4 is 0 Å². The highest BCUT2D eigenvalue weighted by Gasteiger charge is 2.39. The van der Waals surface area contributed by atoms with Crippen molar-refractivity contribution in [2.45, 2.75) is 38.3 Å². The molecule has 0 aromatic heterocycles. The van der Waals surface area contributed by atoms with Gasteiger partial charge in [-0.2, -0.15) is 17.0 Å². The first-order valence-corrected chi connectivity index (χ1v) is 8.31. The Hall–Kier alpha value is -0.700. The highest BCUT2D eigenvalue weighted by Crippen LogP contribution is 2.25. The molecule has 7 nitrogen and oxygen atoms in total. The van der Waals surface area contributed by atoms with Crippen molar-refractivity contribution in [3.8, 4) is 0 Å². The van der Waals surface area contributed by atoms with Crippen molar-refractivity contribution in [2.75, 3.05) is 26.7 Å². The summed E-state index contributed by atoms with van der Waals surface area (Å²) in [6, 6.07) is -0.141. The Labute approximate surface area is 119 Å². The molecule has 0 spiro atoms. The molecular weight excluding hydrogens is 284 g/mol. The van der Waals surface area contributed by atoms with Crippen LogP contribution in [0.1, 0.15) is 26.2 Å². The van der Waals surface area contributed by atoms with Crippen molar-refractivity contribution in [3.05, 3.63) is 0 Å². The number of hydrogen-bond donors (Lipinski definition) is 1. The van der Waals surface area contributed by atoms with Crippen LogP contribution in [-0.2, 0) is 19.7 Å². The third kappa shape index (κ3) is 2.98. The van der Waals surface area contributed by atoms with E-state index in [-0.39, 0.29) is 25.2 Å². The number of nitrogens with zero attached hydrogens (tertiary/aromatic N) is 2. The summed E-state index contributed by atoms with van der Waals surface area (Å²) in [5.41, 5.74) is 0. The largest absolute Gasteiger partial charge is 0.481 e. The summed E-state index contributed by atoms with van der Waals surface area (Å²) in [4.78, 5) is 10.9. The Kier molecular flexibility index (Phi) is 4.68. The van der Waals surface area contributed by atoms with E-state index in [2.05, 4.69) is 0 Å². The second kappa shape index (κ2) is 5.97. The van der Waals surface area contributed by atoms with Gasteiger partial charge in [0.25, 0.3) is 10.2 Å². The Morgan fingerprint density at radius 3 is 2.35 bits per heavy atom. The normalized spacial score (nSPS) is 29.9. The fraction of sp³-hybridized carbons (Fsp3) is 0.917. The maximum absolute atomic E-state index is 12.5. The minimum Gasteiger partial charge on any atom is -0.481 e. The van der Waals surface area contributed by atoms with Crippen molar-refractivity contribution < 1.29 is 23.1 Å². The fourth-order valence-electron chi connectivity index (χ4n) is 2.88. The minimum absolute atomic E-state index is 0.105. The lowest BCUT2D eigenvalue weighted by atomic mass is 9.99. The quantitative estimate of drug-likeness (QED) is 0.798. The molecule has 20 heavy (non-hydrogen) atoms. The summed E-state index contributed by atoms with van der Waals surface area (Å²) in [7, 11) is -1.96. The van der Waals surface area contributed by atoms with Crippen molar-refractivity contribution in [2.24, 2.45) is 5.92 Å². The zero-order chi connectivity index (χ0) is 14.9. The molecule has 2 fully saturated rings. The van der Waals surface area contributed by atoms with Gasteiger partial charge in [0, 0.05) is 26.7 Å². The molecule has 2 aliphatic rings. The predicted molar refractivity (Wildman–Crippen MR) is 72.4 cm³/mol. The third-order valence-electron chi connectivity index (χ3n) is 4.30. The topological polar surface area (TPSA) is 87.2 Å². The molecule has 116 valence electrons. The number of ether oxygens (including phenoxy) is 1. The molecule has 0 aliphatic carbocycles. The second-order valence-corrected chi connectivity index (χ2v) is 7.46. The molecule has 0 aromatic carbocycles. The molecule has 2 unspecified atom stereocenters. The number of carboxylic acid groups (broad SMARTS) is 1. The lowest BCUT2D eigenvalue weighted by Gasteiger charge is -2.35. The molecule has 2 atom stereocenters. The Balaban J connectivity index is 2.02. The number of carboxylic acids is 1. The Morgan fingerprint density at radius 1 is 1.30 bits per heavy atom. The van der Waals surface area contributed by atoms with Crippen LogP contribution in [0.3, 0.4) is 0 Å². The van der Waals surface area contributed by atoms with Gasteiger partial charge in [0.2, 0.25) is 0 Å². The van der Waals surface area contributed by atoms with Gasteiger partial charge in [-0.15, -0.1) is 0 Å². The number of likely N-dealkylation sites (N-methyl/N-ethyl adjacent to an activating group) is 1. The molecule has 1 N–H and O–H groups in total. The van der Waals surface area contributed by atoms with Crippen LogP contribution in [-0.4, -0.2) is 67.0 Å². The van der Waals surface area contributed by atoms with Gasteiger partial charge in [0.15, 0.2) is 0 Å². The van der Waals surface area contributed by atoms with Gasteiger partial charge in [-0.1, -0.05) is 0 Å². The molecular formula is C12H22N2O5S. The number of rotatable bonds is 4. The molecule has 0 amide bonds. The summed E-state index contributed by atoms with van der Waals surface area (Å²) >= 11 is 0. The average molecular weight is 306 g/mol. The number of hydrogen-bond acceptors (Lipinski definition) is 4. The van der Waals surface area contributed by atoms with Crippen LogP contribution in [0.2, 0.25) is 0 Å². The van der Waals surface area contributed by atoms with E-state index < -0.39 is 22.1 Å². The number of piperidine rings is 1. The molecule has 2 saturated heterocycles. The molecule has 2 aliphatic heterocycles. The van der Waals surface area contributed by atoms with E-state index in [0.29, 0.717) is 25.9 Å². The molecule has 8 heteroatoms. The average Bonchev–Trinajstić information content (AvgIpc) is 2.84. The molecule has 0 radical (unpaired) electrons. The van der Waals surface area contributed by atoms with Crippen LogP contribution in [0.4, 0.5) is 0 Å². The zero-order valence-electron chi connectivity index (χ0n) is 11.9. The van der Waals surface area contributed by atoms with E-state index in [1.54, 1.807) is 7.05 Å².